The lowest BCUT2D eigenvalue weighted by Gasteiger charge is -2.22. The average molecular weight is 484 g/mol. The van der Waals surface area contributed by atoms with E-state index in [4.69, 9.17) is 0 Å². The van der Waals surface area contributed by atoms with Crippen LogP contribution in [-0.4, -0.2) is 37.6 Å². The van der Waals surface area contributed by atoms with Crippen LogP contribution in [0.1, 0.15) is 34.9 Å². The molecule has 0 spiro atoms. The van der Waals surface area contributed by atoms with E-state index in [-0.39, 0.29) is 23.1 Å². The molecule has 11 heteroatoms. The van der Waals surface area contributed by atoms with E-state index in [9.17, 15) is 22.4 Å². The van der Waals surface area contributed by atoms with Gasteiger partial charge in [-0.1, -0.05) is 12.1 Å². The van der Waals surface area contributed by atoms with E-state index in [0.717, 1.165) is 22.5 Å². The Labute approximate surface area is 197 Å². The molecule has 3 aromatic heterocycles. The Morgan fingerprint density at radius 2 is 1.80 bits per heavy atom. The van der Waals surface area contributed by atoms with Crippen molar-refractivity contribution in [2.45, 2.75) is 32.0 Å². The van der Waals surface area contributed by atoms with Crippen molar-refractivity contribution in [2.75, 3.05) is 18.0 Å². The fourth-order valence-corrected chi connectivity index (χ4v) is 4.66. The highest BCUT2D eigenvalue weighted by Crippen LogP contribution is 2.34. The van der Waals surface area contributed by atoms with Crippen LogP contribution in [0.3, 0.4) is 0 Å². The van der Waals surface area contributed by atoms with Gasteiger partial charge >= 0.3 is 6.18 Å². The average Bonchev–Trinajstić information content (AvgIpc) is 3.29. The Hall–Kier alpha value is -3.89. The van der Waals surface area contributed by atoms with E-state index in [0.29, 0.717) is 36.3 Å². The van der Waals surface area contributed by atoms with Crippen LogP contribution < -0.4 is 10.5 Å². The molecular weight excluding hydrogens is 464 g/mol. The van der Waals surface area contributed by atoms with Crippen LogP contribution in [0.15, 0.2) is 53.8 Å². The number of aromatic nitrogens is 5. The topological polar surface area (TPSA) is 76.8 Å². The molecule has 1 saturated heterocycles. The smallest absolute Gasteiger partial charge is 0.368 e. The first-order chi connectivity index (χ1) is 16.7. The summed E-state index contributed by atoms with van der Waals surface area (Å²) in [6.07, 6.45) is 0.787. The van der Waals surface area contributed by atoms with Gasteiger partial charge in [0.15, 0.2) is 11.3 Å². The van der Waals surface area contributed by atoms with Crippen molar-refractivity contribution in [3.8, 4) is 0 Å². The number of pyridine rings is 1. The van der Waals surface area contributed by atoms with Crippen LogP contribution in [0.5, 0.6) is 0 Å². The van der Waals surface area contributed by atoms with Crippen molar-refractivity contribution in [1.82, 2.24) is 24.5 Å². The van der Waals surface area contributed by atoms with Gasteiger partial charge in [0.05, 0.1) is 17.9 Å². The van der Waals surface area contributed by atoms with Gasteiger partial charge in [0.25, 0.3) is 5.56 Å². The largest absolute Gasteiger partial charge is 0.435 e. The van der Waals surface area contributed by atoms with E-state index >= 15 is 0 Å². The van der Waals surface area contributed by atoms with Gasteiger partial charge in [-0.15, -0.1) is 0 Å². The SMILES string of the molecule is Cc1cccc(F)c1N1CCC(c2cc3nccnc3n(Cc3nccnc3C(F)(F)F)c2=O)C1. The number of hydrogen-bond acceptors (Lipinski definition) is 6. The zero-order valence-corrected chi connectivity index (χ0v) is 18.6. The van der Waals surface area contributed by atoms with Gasteiger partial charge in [0.1, 0.15) is 11.3 Å². The van der Waals surface area contributed by atoms with Gasteiger partial charge in [-0.3, -0.25) is 19.3 Å². The van der Waals surface area contributed by atoms with Gasteiger partial charge in [0.2, 0.25) is 0 Å². The highest BCUT2D eigenvalue weighted by atomic mass is 19.4. The molecule has 35 heavy (non-hydrogen) atoms. The second kappa shape index (κ2) is 8.71. The maximum atomic E-state index is 14.5. The summed E-state index contributed by atoms with van der Waals surface area (Å²) >= 11 is 0. The Kier molecular flexibility index (Phi) is 5.70. The molecule has 1 aromatic carbocycles. The maximum Gasteiger partial charge on any atom is 0.435 e. The van der Waals surface area contributed by atoms with Crippen molar-refractivity contribution in [3.05, 3.63) is 87.7 Å². The molecule has 1 unspecified atom stereocenters. The van der Waals surface area contributed by atoms with Crippen LogP contribution in [0.4, 0.5) is 23.2 Å². The first kappa shape index (κ1) is 22.9. The maximum absolute atomic E-state index is 14.5. The fraction of sp³-hybridized carbons (Fsp3) is 0.292. The highest BCUT2D eigenvalue weighted by molar-refractivity contribution is 5.71. The van der Waals surface area contributed by atoms with E-state index in [2.05, 4.69) is 19.9 Å². The van der Waals surface area contributed by atoms with Gasteiger partial charge in [-0.05, 0) is 31.0 Å². The number of alkyl halides is 3. The van der Waals surface area contributed by atoms with Crippen LogP contribution in [0, 0.1) is 12.7 Å². The minimum Gasteiger partial charge on any atom is -0.368 e. The summed E-state index contributed by atoms with van der Waals surface area (Å²) in [7, 11) is 0. The third-order valence-corrected chi connectivity index (χ3v) is 6.23. The molecule has 4 aromatic rings. The summed E-state index contributed by atoms with van der Waals surface area (Å²) in [4.78, 5) is 31.2. The Morgan fingerprint density at radius 3 is 2.57 bits per heavy atom. The van der Waals surface area contributed by atoms with Crippen molar-refractivity contribution < 1.29 is 17.6 Å². The normalized spacial score (nSPS) is 16.3. The van der Waals surface area contributed by atoms with Crippen LogP contribution >= 0.6 is 0 Å². The molecule has 180 valence electrons. The number of para-hydroxylation sites is 1. The van der Waals surface area contributed by atoms with Crippen LogP contribution in [-0.2, 0) is 12.7 Å². The molecule has 0 saturated carbocycles. The van der Waals surface area contributed by atoms with E-state index in [1.807, 2.05) is 17.9 Å². The predicted octanol–water partition coefficient (Wildman–Crippen LogP) is 4.09. The van der Waals surface area contributed by atoms with E-state index in [1.165, 1.54) is 18.5 Å². The number of anilines is 1. The molecule has 0 amide bonds. The van der Waals surface area contributed by atoms with E-state index in [1.54, 1.807) is 12.1 Å². The number of benzene rings is 1. The predicted molar refractivity (Wildman–Crippen MR) is 121 cm³/mol. The molecule has 0 bridgehead atoms. The second-order valence-corrected chi connectivity index (χ2v) is 8.44. The van der Waals surface area contributed by atoms with E-state index < -0.39 is 24.0 Å². The molecular formula is C24H20F4N6O. The summed E-state index contributed by atoms with van der Waals surface area (Å²) in [6.45, 7) is 2.28. The van der Waals surface area contributed by atoms with Gasteiger partial charge in [-0.25, -0.2) is 14.4 Å². The van der Waals surface area contributed by atoms with Crippen molar-refractivity contribution in [3.63, 3.8) is 0 Å². The quantitative estimate of drug-likeness (QED) is 0.406. The summed E-state index contributed by atoms with van der Waals surface area (Å²) in [5.41, 5.74) is 0.179. The number of nitrogens with zero attached hydrogens (tertiary/aromatic N) is 6. The number of fused-ring (bicyclic) bond motifs is 1. The third kappa shape index (κ3) is 4.22. The number of hydrogen-bond donors (Lipinski definition) is 0. The van der Waals surface area contributed by atoms with Crippen molar-refractivity contribution in [1.29, 1.82) is 0 Å². The monoisotopic (exact) mass is 484 g/mol. The van der Waals surface area contributed by atoms with Gasteiger partial charge < -0.3 is 4.90 Å². The summed E-state index contributed by atoms with van der Waals surface area (Å²) in [6, 6.07) is 6.49. The third-order valence-electron chi connectivity index (χ3n) is 6.23. The number of aryl methyl sites for hydroxylation is 1. The zero-order valence-electron chi connectivity index (χ0n) is 18.6. The Bertz CT molecular complexity index is 1450. The Balaban J connectivity index is 1.57. The molecule has 1 aliphatic heterocycles. The fourth-order valence-electron chi connectivity index (χ4n) is 4.66. The van der Waals surface area contributed by atoms with Crippen molar-refractivity contribution in [2.24, 2.45) is 0 Å². The molecule has 1 aliphatic rings. The van der Waals surface area contributed by atoms with Crippen molar-refractivity contribution >= 4 is 16.9 Å². The van der Waals surface area contributed by atoms with Crippen LogP contribution in [0.25, 0.3) is 11.2 Å². The molecule has 5 rings (SSSR count). The summed E-state index contributed by atoms with van der Waals surface area (Å²) in [5.74, 6) is -0.599. The minimum absolute atomic E-state index is 0.153. The Morgan fingerprint density at radius 1 is 1.06 bits per heavy atom. The van der Waals surface area contributed by atoms with Gasteiger partial charge in [0, 0.05) is 49.4 Å². The molecule has 1 fully saturated rings. The van der Waals surface area contributed by atoms with Gasteiger partial charge in [-0.2, -0.15) is 13.2 Å². The zero-order chi connectivity index (χ0) is 24.7. The molecule has 1 atom stereocenters. The lowest BCUT2D eigenvalue weighted by Crippen LogP contribution is -2.29. The minimum atomic E-state index is -4.73. The number of halogens is 4. The second-order valence-electron chi connectivity index (χ2n) is 8.44. The standard InChI is InChI=1S/C24H20F4N6O/c1-14-3-2-4-17(25)20(14)33-10-5-15(12-33)16-11-18-22(32-9-7-29-18)34(23(16)35)13-19-21(24(26,27)28)31-8-6-30-19/h2-4,6-9,11,15H,5,10,12-13H2,1H3. The molecule has 4 heterocycles. The lowest BCUT2D eigenvalue weighted by molar-refractivity contribution is -0.142. The van der Waals surface area contributed by atoms with Crippen LogP contribution in [0.2, 0.25) is 0 Å². The lowest BCUT2D eigenvalue weighted by atomic mass is 9.99. The molecule has 0 radical (unpaired) electrons. The first-order valence-electron chi connectivity index (χ1n) is 11.0. The first-order valence-corrected chi connectivity index (χ1v) is 11.0. The summed E-state index contributed by atoms with van der Waals surface area (Å²) < 4.78 is 56.2. The summed E-state index contributed by atoms with van der Waals surface area (Å²) in [5, 5.41) is 0. The molecule has 0 aliphatic carbocycles. The molecule has 7 nitrogen and oxygen atoms in total. The number of rotatable bonds is 4. The highest BCUT2D eigenvalue weighted by Gasteiger charge is 2.36. The molecule has 0 N–H and O–H groups in total.